The topological polar surface area (TPSA) is 63.4 Å². The Kier molecular flexibility index (Phi) is 3.91. The Hall–Kier alpha value is -1.92. The number of hydrogen-bond donors (Lipinski definition) is 1. The number of hydrogen-bond acceptors (Lipinski definition) is 4. The zero-order chi connectivity index (χ0) is 13.0. The van der Waals surface area contributed by atoms with Crippen molar-refractivity contribution in [1.29, 1.82) is 0 Å². The van der Waals surface area contributed by atoms with Crippen LogP contribution in [0, 0.1) is 0 Å². The largest absolute Gasteiger partial charge is 0.491 e. The zero-order valence-corrected chi connectivity index (χ0v) is 10.0. The van der Waals surface area contributed by atoms with E-state index in [1.807, 2.05) is 12.1 Å². The highest BCUT2D eigenvalue weighted by molar-refractivity contribution is 6.61. The second kappa shape index (κ2) is 5.62. The van der Waals surface area contributed by atoms with E-state index in [9.17, 15) is 5.02 Å². The summed E-state index contributed by atoms with van der Waals surface area (Å²) in [7, 11) is -0.872. The molecular weight excluding hydrogens is 231 g/mol. The Morgan fingerprint density at radius 1 is 1.61 bits per heavy atom. The van der Waals surface area contributed by atoms with Gasteiger partial charge in [-0.05, 0) is 23.2 Å². The van der Waals surface area contributed by atoms with Gasteiger partial charge in [-0.3, -0.25) is 0 Å². The van der Waals surface area contributed by atoms with Crippen molar-refractivity contribution >= 4 is 24.8 Å². The van der Waals surface area contributed by atoms with E-state index < -0.39 is 7.12 Å². The fourth-order valence-electron chi connectivity index (χ4n) is 1.62. The Labute approximate surface area is 106 Å². The van der Waals surface area contributed by atoms with Crippen LogP contribution in [-0.4, -0.2) is 24.4 Å². The molecule has 1 aromatic carbocycles. The molecule has 0 aromatic heterocycles. The van der Waals surface area contributed by atoms with E-state index in [2.05, 4.69) is 16.6 Å². The maximum atomic E-state index is 9.57. The van der Waals surface area contributed by atoms with Crippen molar-refractivity contribution < 1.29 is 14.4 Å². The molecule has 5 nitrogen and oxygen atoms in total. The molecule has 0 spiro atoms. The van der Waals surface area contributed by atoms with E-state index >= 15 is 0 Å². The van der Waals surface area contributed by atoms with Crippen molar-refractivity contribution in [3.05, 3.63) is 36.5 Å². The van der Waals surface area contributed by atoms with Crippen LogP contribution in [-0.2, 0) is 11.3 Å². The van der Waals surface area contributed by atoms with Gasteiger partial charge in [0.25, 0.3) is 0 Å². The maximum absolute atomic E-state index is 9.57. The van der Waals surface area contributed by atoms with E-state index in [-0.39, 0.29) is 0 Å². The average molecular weight is 244 g/mol. The van der Waals surface area contributed by atoms with E-state index in [1.165, 1.54) is 12.5 Å². The lowest BCUT2D eigenvalue weighted by Gasteiger charge is -2.05. The lowest BCUT2D eigenvalue weighted by molar-refractivity contribution is 0.275. The fourth-order valence-corrected chi connectivity index (χ4v) is 1.62. The van der Waals surface area contributed by atoms with Crippen molar-refractivity contribution in [2.75, 3.05) is 0 Å². The number of nitrogens with zero attached hydrogens (tertiary/aromatic N) is 2. The summed E-state index contributed by atoms with van der Waals surface area (Å²) in [5.74, 6) is 1.06. The second-order valence-corrected chi connectivity index (χ2v) is 3.72. The van der Waals surface area contributed by atoms with Crippen LogP contribution in [0.1, 0.15) is 12.5 Å². The summed E-state index contributed by atoms with van der Waals surface area (Å²) < 4.78 is 10.6. The van der Waals surface area contributed by atoms with E-state index in [1.54, 1.807) is 13.0 Å². The Bertz CT molecular complexity index is 514. The SMILES string of the molecule is C=CN=CN=C(C)Oc1ccc2c(c1)B(O)OC2. The van der Waals surface area contributed by atoms with Gasteiger partial charge in [0.05, 0.1) is 6.61 Å². The molecule has 1 heterocycles. The van der Waals surface area contributed by atoms with E-state index in [4.69, 9.17) is 9.39 Å². The quantitative estimate of drug-likeness (QED) is 0.487. The molecule has 0 radical (unpaired) electrons. The minimum absolute atomic E-state index is 0.426. The highest BCUT2D eigenvalue weighted by Gasteiger charge is 2.27. The van der Waals surface area contributed by atoms with Gasteiger partial charge < -0.3 is 14.4 Å². The Morgan fingerprint density at radius 2 is 2.44 bits per heavy atom. The van der Waals surface area contributed by atoms with Crippen molar-refractivity contribution in [2.45, 2.75) is 13.5 Å². The summed E-state index contributed by atoms with van der Waals surface area (Å²) in [6.45, 7) is 5.58. The van der Waals surface area contributed by atoms with Crippen molar-refractivity contribution in [3.63, 3.8) is 0 Å². The standard InChI is InChI=1S/C12H13BN2O3/c1-3-14-8-15-9(2)18-11-5-4-10-7-17-13(16)12(10)6-11/h3-6,8,16H,1,7H2,2H3. The molecule has 0 atom stereocenters. The van der Waals surface area contributed by atoms with Crippen LogP contribution in [0.5, 0.6) is 5.75 Å². The molecule has 0 amide bonds. The molecule has 1 aromatic rings. The summed E-state index contributed by atoms with van der Waals surface area (Å²) in [5.41, 5.74) is 1.71. The van der Waals surface area contributed by atoms with Crippen molar-refractivity contribution in [2.24, 2.45) is 9.98 Å². The van der Waals surface area contributed by atoms with Gasteiger partial charge in [-0.1, -0.05) is 12.6 Å². The van der Waals surface area contributed by atoms with Crippen LogP contribution in [0.4, 0.5) is 0 Å². The molecular formula is C12H13BN2O3. The van der Waals surface area contributed by atoms with Crippen LogP contribution in [0.15, 0.2) is 41.0 Å². The molecule has 1 aliphatic rings. The number of fused-ring (bicyclic) bond motifs is 1. The molecule has 0 aliphatic carbocycles. The molecule has 18 heavy (non-hydrogen) atoms. The molecule has 6 heteroatoms. The predicted molar refractivity (Wildman–Crippen MR) is 71.3 cm³/mol. The molecule has 0 bridgehead atoms. The van der Waals surface area contributed by atoms with Crippen LogP contribution in [0.25, 0.3) is 0 Å². The summed E-state index contributed by atoms with van der Waals surface area (Å²) in [6, 6.07) is 5.42. The molecule has 0 saturated heterocycles. The molecule has 1 N–H and O–H groups in total. The first-order valence-corrected chi connectivity index (χ1v) is 5.48. The minimum atomic E-state index is -0.872. The van der Waals surface area contributed by atoms with Crippen molar-refractivity contribution in [1.82, 2.24) is 0 Å². The summed E-state index contributed by atoms with van der Waals surface area (Å²) >= 11 is 0. The van der Waals surface area contributed by atoms with Gasteiger partial charge in [-0.15, -0.1) is 0 Å². The monoisotopic (exact) mass is 244 g/mol. The Morgan fingerprint density at radius 3 is 3.22 bits per heavy atom. The number of benzene rings is 1. The number of ether oxygens (including phenoxy) is 1. The number of aliphatic imine (C=N–C) groups is 2. The normalized spacial score (nSPS) is 15.0. The van der Waals surface area contributed by atoms with Crippen LogP contribution < -0.4 is 10.2 Å². The van der Waals surface area contributed by atoms with Gasteiger partial charge >= 0.3 is 7.12 Å². The zero-order valence-electron chi connectivity index (χ0n) is 10.0. The highest BCUT2D eigenvalue weighted by atomic mass is 16.5. The van der Waals surface area contributed by atoms with Crippen molar-refractivity contribution in [3.8, 4) is 5.75 Å². The van der Waals surface area contributed by atoms with Gasteiger partial charge in [-0.25, -0.2) is 9.98 Å². The maximum Gasteiger partial charge on any atom is 0.491 e. The first-order valence-electron chi connectivity index (χ1n) is 5.48. The third-order valence-electron chi connectivity index (χ3n) is 2.46. The third-order valence-corrected chi connectivity index (χ3v) is 2.46. The third kappa shape index (κ3) is 2.85. The second-order valence-electron chi connectivity index (χ2n) is 3.72. The van der Waals surface area contributed by atoms with Gasteiger partial charge in [-0.2, -0.15) is 0 Å². The molecule has 92 valence electrons. The first kappa shape index (κ1) is 12.5. The average Bonchev–Trinajstić information content (AvgIpc) is 2.71. The Balaban J connectivity index is 2.11. The summed E-state index contributed by atoms with van der Waals surface area (Å²) in [5, 5.41) is 9.57. The molecule has 0 saturated carbocycles. The van der Waals surface area contributed by atoms with Crippen LogP contribution in [0.3, 0.4) is 0 Å². The summed E-state index contributed by atoms with van der Waals surface area (Å²) in [4.78, 5) is 7.69. The number of rotatable bonds is 3. The lowest BCUT2D eigenvalue weighted by atomic mass is 9.79. The lowest BCUT2D eigenvalue weighted by Crippen LogP contribution is -2.28. The van der Waals surface area contributed by atoms with Gasteiger partial charge in [0.1, 0.15) is 12.1 Å². The van der Waals surface area contributed by atoms with E-state index in [0.29, 0.717) is 18.3 Å². The fraction of sp³-hybridized carbons (Fsp3) is 0.167. The van der Waals surface area contributed by atoms with Gasteiger partial charge in [0, 0.05) is 13.1 Å². The first-order chi connectivity index (χ1) is 8.70. The van der Waals surface area contributed by atoms with Crippen LogP contribution >= 0.6 is 0 Å². The van der Waals surface area contributed by atoms with Crippen LogP contribution in [0.2, 0.25) is 0 Å². The predicted octanol–water partition coefficient (Wildman–Crippen LogP) is 0.873. The molecule has 1 aliphatic heterocycles. The van der Waals surface area contributed by atoms with Gasteiger partial charge in [0.2, 0.25) is 0 Å². The summed E-state index contributed by atoms with van der Waals surface area (Å²) in [6.07, 6.45) is 2.74. The smallest absolute Gasteiger partial charge is 0.443 e. The van der Waals surface area contributed by atoms with E-state index in [0.717, 1.165) is 11.0 Å². The van der Waals surface area contributed by atoms with Gasteiger partial charge in [0.15, 0.2) is 5.90 Å². The highest BCUT2D eigenvalue weighted by Crippen LogP contribution is 2.16. The molecule has 0 fully saturated rings. The minimum Gasteiger partial charge on any atom is -0.443 e. The molecule has 2 rings (SSSR count). The molecule has 0 unspecified atom stereocenters.